The minimum atomic E-state index is -0.345. The first-order valence-corrected chi connectivity index (χ1v) is 10.4. The Bertz CT molecular complexity index is 1010. The second-order valence-electron chi connectivity index (χ2n) is 6.69. The van der Waals surface area contributed by atoms with Crippen LogP contribution >= 0.6 is 11.8 Å². The fourth-order valence-corrected chi connectivity index (χ4v) is 3.50. The van der Waals surface area contributed by atoms with Gasteiger partial charge >= 0.3 is 0 Å². The van der Waals surface area contributed by atoms with E-state index in [0.29, 0.717) is 10.7 Å². The highest BCUT2D eigenvalue weighted by molar-refractivity contribution is 7.99. The lowest BCUT2D eigenvalue weighted by atomic mass is 10.1. The summed E-state index contributed by atoms with van der Waals surface area (Å²) in [6.07, 6.45) is 4.48. The zero-order valence-electron chi connectivity index (χ0n) is 16.7. The van der Waals surface area contributed by atoms with Gasteiger partial charge in [0, 0.05) is 23.6 Å². The number of nitrogens with zero attached hydrogens (tertiary/aromatic N) is 2. The van der Waals surface area contributed by atoms with Gasteiger partial charge in [0.25, 0.3) is 5.91 Å². The Kier molecular flexibility index (Phi) is 6.72. The molecule has 150 valence electrons. The monoisotopic (exact) mass is 408 g/mol. The van der Waals surface area contributed by atoms with Crippen LogP contribution in [0.15, 0.2) is 60.0 Å². The van der Waals surface area contributed by atoms with Gasteiger partial charge in [-0.25, -0.2) is 4.98 Å². The number of aromatic nitrogens is 2. The summed E-state index contributed by atoms with van der Waals surface area (Å²) < 4.78 is 1.94. The van der Waals surface area contributed by atoms with Crippen molar-refractivity contribution in [2.24, 2.45) is 0 Å². The number of rotatable bonds is 6. The lowest BCUT2D eigenvalue weighted by Crippen LogP contribution is -2.42. The average Bonchev–Trinajstić information content (AvgIpc) is 3.21. The third kappa shape index (κ3) is 5.26. The van der Waals surface area contributed by atoms with Gasteiger partial charge in [0.1, 0.15) is 0 Å². The van der Waals surface area contributed by atoms with Gasteiger partial charge in [-0.3, -0.25) is 25.0 Å². The van der Waals surface area contributed by atoms with E-state index in [2.05, 4.69) is 48.7 Å². The van der Waals surface area contributed by atoms with Crippen molar-refractivity contribution in [3.8, 4) is 5.69 Å². The fraction of sp³-hybridized carbons (Fsp3) is 0.227. The van der Waals surface area contributed by atoms with Gasteiger partial charge in [-0.05, 0) is 61.2 Å². The second kappa shape index (κ2) is 9.43. The van der Waals surface area contributed by atoms with Crippen molar-refractivity contribution < 1.29 is 9.59 Å². The van der Waals surface area contributed by atoms with Crippen LogP contribution in [0.3, 0.4) is 0 Å². The Morgan fingerprint density at radius 1 is 1.03 bits per heavy atom. The molecular formula is C22H24N4O2S. The number of imidazole rings is 1. The molecule has 2 aromatic carbocycles. The van der Waals surface area contributed by atoms with Crippen LogP contribution in [0.25, 0.3) is 5.69 Å². The summed E-state index contributed by atoms with van der Waals surface area (Å²) in [6.45, 7) is 6.19. The van der Waals surface area contributed by atoms with Crippen LogP contribution in [0.4, 0.5) is 0 Å². The van der Waals surface area contributed by atoms with E-state index < -0.39 is 0 Å². The van der Waals surface area contributed by atoms with E-state index in [4.69, 9.17) is 0 Å². The molecule has 0 saturated heterocycles. The van der Waals surface area contributed by atoms with E-state index in [9.17, 15) is 9.59 Å². The minimum Gasteiger partial charge on any atom is -0.295 e. The first-order chi connectivity index (χ1) is 14.0. The topological polar surface area (TPSA) is 76.0 Å². The van der Waals surface area contributed by atoms with Gasteiger partial charge in [0.05, 0.1) is 5.75 Å². The summed E-state index contributed by atoms with van der Waals surface area (Å²) in [6, 6.07) is 13.5. The number of aryl methyl sites for hydroxylation is 3. The predicted octanol–water partition coefficient (Wildman–Crippen LogP) is 3.60. The number of carbonyl (C=O) groups excluding carboxylic acids is 2. The minimum absolute atomic E-state index is 0.136. The van der Waals surface area contributed by atoms with Gasteiger partial charge < -0.3 is 0 Å². The third-order valence-corrected chi connectivity index (χ3v) is 5.61. The SMILES string of the molecule is CCc1ccc(C(=O)NNC(=O)CSc2nccn2-c2ccc(C)c(C)c2)cc1. The molecule has 1 heterocycles. The third-order valence-electron chi connectivity index (χ3n) is 4.65. The zero-order valence-corrected chi connectivity index (χ0v) is 17.5. The van der Waals surface area contributed by atoms with E-state index >= 15 is 0 Å². The smallest absolute Gasteiger partial charge is 0.269 e. The quantitative estimate of drug-likeness (QED) is 0.483. The summed E-state index contributed by atoms with van der Waals surface area (Å²) in [5.41, 5.74) is 9.97. The Morgan fingerprint density at radius 2 is 1.79 bits per heavy atom. The summed E-state index contributed by atoms with van der Waals surface area (Å²) >= 11 is 1.31. The predicted molar refractivity (Wildman–Crippen MR) is 115 cm³/mol. The van der Waals surface area contributed by atoms with Crippen molar-refractivity contribution in [3.63, 3.8) is 0 Å². The van der Waals surface area contributed by atoms with Crippen molar-refractivity contribution in [2.75, 3.05) is 5.75 Å². The maximum Gasteiger partial charge on any atom is 0.269 e. The molecule has 1 aromatic heterocycles. The Labute approximate surface area is 174 Å². The van der Waals surface area contributed by atoms with Crippen molar-refractivity contribution in [1.82, 2.24) is 20.4 Å². The van der Waals surface area contributed by atoms with Crippen LogP contribution in [0.1, 0.15) is 34.0 Å². The number of benzene rings is 2. The number of hydrazine groups is 1. The van der Waals surface area contributed by atoms with Gasteiger partial charge in [-0.2, -0.15) is 0 Å². The fourth-order valence-electron chi connectivity index (χ4n) is 2.73. The number of nitrogens with one attached hydrogen (secondary N) is 2. The molecule has 0 atom stereocenters. The molecule has 2 amide bonds. The largest absolute Gasteiger partial charge is 0.295 e. The van der Waals surface area contributed by atoms with E-state index in [1.54, 1.807) is 18.3 Å². The molecule has 0 aliphatic rings. The molecule has 0 radical (unpaired) electrons. The maximum atomic E-state index is 12.1. The molecule has 3 rings (SSSR count). The number of carbonyl (C=O) groups is 2. The van der Waals surface area contributed by atoms with Crippen molar-refractivity contribution >= 4 is 23.6 Å². The highest BCUT2D eigenvalue weighted by Gasteiger charge is 2.11. The zero-order chi connectivity index (χ0) is 20.8. The lowest BCUT2D eigenvalue weighted by Gasteiger charge is -2.10. The summed E-state index contributed by atoms with van der Waals surface area (Å²) in [5, 5.41) is 0.713. The first-order valence-electron chi connectivity index (χ1n) is 9.40. The highest BCUT2D eigenvalue weighted by atomic mass is 32.2. The Hall–Kier alpha value is -3.06. The number of hydrogen-bond acceptors (Lipinski definition) is 4. The van der Waals surface area contributed by atoms with Gasteiger partial charge in [-0.1, -0.05) is 36.9 Å². The summed E-state index contributed by atoms with van der Waals surface area (Å²) in [5.74, 6) is -0.512. The molecule has 29 heavy (non-hydrogen) atoms. The molecule has 0 saturated carbocycles. The number of amides is 2. The summed E-state index contributed by atoms with van der Waals surface area (Å²) in [4.78, 5) is 28.6. The normalized spacial score (nSPS) is 10.6. The van der Waals surface area contributed by atoms with Crippen LogP contribution in [0, 0.1) is 13.8 Å². The van der Waals surface area contributed by atoms with E-state index in [0.717, 1.165) is 17.7 Å². The van der Waals surface area contributed by atoms with Gasteiger partial charge in [0.2, 0.25) is 5.91 Å². The van der Waals surface area contributed by atoms with Crippen molar-refractivity contribution in [3.05, 3.63) is 77.1 Å². The van der Waals surface area contributed by atoms with Crippen LogP contribution < -0.4 is 10.9 Å². The molecule has 0 spiro atoms. The van der Waals surface area contributed by atoms with Gasteiger partial charge in [-0.15, -0.1) is 0 Å². The van der Waals surface area contributed by atoms with E-state index in [-0.39, 0.29) is 17.6 Å². The molecule has 0 fully saturated rings. The standard InChI is InChI=1S/C22H24N4O2S/c1-4-17-6-8-18(9-7-17)21(28)25-24-20(27)14-29-22-23-11-12-26(22)19-10-5-15(2)16(3)13-19/h5-13H,4,14H2,1-3H3,(H,24,27)(H,25,28). The first kappa shape index (κ1) is 20.7. The lowest BCUT2D eigenvalue weighted by molar-refractivity contribution is -0.119. The maximum absolute atomic E-state index is 12.1. The van der Waals surface area contributed by atoms with Crippen LogP contribution in [0.2, 0.25) is 0 Å². The van der Waals surface area contributed by atoms with Crippen molar-refractivity contribution in [2.45, 2.75) is 32.3 Å². The molecule has 7 heteroatoms. The van der Waals surface area contributed by atoms with Crippen LogP contribution in [-0.2, 0) is 11.2 Å². The molecule has 0 aliphatic carbocycles. The average molecular weight is 409 g/mol. The van der Waals surface area contributed by atoms with E-state index in [1.165, 1.54) is 22.9 Å². The molecular weight excluding hydrogens is 384 g/mol. The van der Waals surface area contributed by atoms with Crippen LogP contribution in [-0.4, -0.2) is 27.1 Å². The number of thioether (sulfide) groups is 1. The summed E-state index contributed by atoms with van der Waals surface area (Å²) in [7, 11) is 0. The highest BCUT2D eigenvalue weighted by Crippen LogP contribution is 2.22. The molecule has 3 aromatic rings. The molecule has 2 N–H and O–H groups in total. The van der Waals surface area contributed by atoms with Crippen LogP contribution in [0.5, 0.6) is 0 Å². The second-order valence-corrected chi connectivity index (χ2v) is 7.63. The molecule has 0 bridgehead atoms. The number of hydrogen-bond donors (Lipinski definition) is 2. The Morgan fingerprint density at radius 3 is 2.48 bits per heavy atom. The Balaban J connectivity index is 1.54. The van der Waals surface area contributed by atoms with Crippen molar-refractivity contribution in [1.29, 1.82) is 0 Å². The molecule has 0 unspecified atom stereocenters. The van der Waals surface area contributed by atoms with E-state index in [1.807, 2.05) is 29.0 Å². The van der Waals surface area contributed by atoms with Gasteiger partial charge in [0.15, 0.2) is 5.16 Å². The molecule has 0 aliphatic heterocycles. The molecule has 6 nitrogen and oxygen atoms in total.